The molecule has 0 radical (unpaired) electrons. The minimum absolute atomic E-state index is 0.144. The van der Waals surface area contributed by atoms with Crippen molar-refractivity contribution in [1.29, 1.82) is 0 Å². The van der Waals surface area contributed by atoms with Crippen LogP contribution in [0, 0.1) is 15.9 Å². The predicted octanol–water partition coefficient (Wildman–Crippen LogP) is 3.29. The Hall–Kier alpha value is -3.55. The first kappa shape index (κ1) is 14.1. The lowest BCUT2D eigenvalue weighted by atomic mass is 10.0. The van der Waals surface area contributed by atoms with E-state index < -0.39 is 10.7 Å². The maximum atomic E-state index is 14.2. The van der Waals surface area contributed by atoms with E-state index in [1.165, 1.54) is 30.7 Å². The molecule has 0 saturated carbocycles. The number of nitro groups is 1. The smallest absolute Gasteiger partial charge is 0.258 e. The van der Waals surface area contributed by atoms with Crippen LogP contribution in [0.2, 0.25) is 0 Å². The van der Waals surface area contributed by atoms with Crippen molar-refractivity contribution in [3.05, 3.63) is 64.9 Å². The molecule has 8 heteroatoms. The summed E-state index contributed by atoms with van der Waals surface area (Å²) in [5, 5.41) is 19.7. The second-order valence-electron chi connectivity index (χ2n) is 5.04. The van der Waals surface area contributed by atoms with Crippen LogP contribution in [0.3, 0.4) is 0 Å². The Kier molecular flexibility index (Phi) is 3.09. The molecule has 116 valence electrons. The molecule has 4 aromatic rings. The second kappa shape index (κ2) is 5.27. The number of hydrogen-bond acceptors (Lipinski definition) is 6. The topological polar surface area (TPSA) is 94.7 Å². The van der Waals surface area contributed by atoms with Crippen molar-refractivity contribution in [2.24, 2.45) is 0 Å². The molecule has 0 aliphatic heterocycles. The van der Waals surface area contributed by atoms with E-state index in [4.69, 9.17) is 0 Å². The van der Waals surface area contributed by atoms with Gasteiger partial charge >= 0.3 is 0 Å². The van der Waals surface area contributed by atoms with Crippen molar-refractivity contribution in [2.75, 3.05) is 0 Å². The summed E-state index contributed by atoms with van der Waals surface area (Å²) in [5.74, 6) is -0.473. The summed E-state index contributed by atoms with van der Waals surface area (Å²) in [7, 11) is 0. The van der Waals surface area contributed by atoms with Crippen molar-refractivity contribution >= 4 is 27.5 Å². The van der Waals surface area contributed by atoms with E-state index in [0.717, 1.165) is 0 Å². The van der Waals surface area contributed by atoms with Gasteiger partial charge in [0.15, 0.2) is 5.52 Å². The zero-order valence-electron chi connectivity index (χ0n) is 12.0. The Morgan fingerprint density at radius 3 is 2.62 bits per heavy atom. The van der Waals surface area contributed by atoms with Crippen molar-refractivity contribution in [3.63, 3.8) is 0 Å². The van der Waals surface area contributed by atoms with Crippen molar-refractivity contribution < 1.29 is 9.31 Å². The predicted molar refractivity (Wildman–Crippen MR) is 84.7 cm³/mol. The zero-order chi connectivity index (χ0) is 16.7. The Morgan fingerprint density at radius 1 is 1.04 bits per heavy atom. The van der Waals surface area contributed by atoms with E-state index in [0.29, 0.717) is 16.3 Å². The molecule has 0 bridgehead atoms. The Morgan fingerprint density at radius 2 is 1.83 bits per heavy atom. The molecule has 2 heterocycles. The zero-order valence-corrected chi connectivity index (χ0v) is 12.0. The van der Waals surface area contributed by atoms with E-state index in [9.17, 15) is 14.5 Å². The fourth-order valence-corrected chi connectivity index (χ4v) is 2.65. The van der Waals surface area contributed by atoms with Gasteiger partial charge in [-0.3, -0.25) is 20.1 Å². The fraction of sp³-hybridized carbons (Fsp3) is 0. The number of hydrogen-bond donors (Lipinski definition) is 0. The van der Waals surface area contributed by atoms with Crippen LogP contribution in [0.5, 0.6) is 0 Å². The third kappa shape index (κ3) is 2.04. The molecular formula is C16H8FN5O2. The normalized spacial score (nSPS) is 11.0. The van der Waals surface area contributed by atoms with E-state index in [1.54, 1.807) is 18.2 Å². The molecule has 0 saturated heterocycles. The maximum absolute atomic E-state index is 14.2. The first-order valence-corrected chi connectivity index (χ1v) is 6.95. The van der Waals surface area contributed by atoms with Gasteiger partial charge < -0.3 is 0 Å². The molecule has 2 aromatic carbocycles. The van der Waals surface area contributed by atoms with Crippen LogP contribution in [0.25, 0.3) is 33.1 Å². The van der Waals surface area contributed by atoms with E-state index in [2.05, 4.69) is 20.2 Å². The van der Waals surface area contributed by atoms with Gasteiger partial charge in [-0.2, -0.15) is 5.10 Å². The Labute approximate surface area is 134 Å². The highest BCUT2D eigenvalue weighted by Gasteiger charge is 2.21. The number of halogens is 1. The molecule has 2 aromatic heterocycles. The van der Waals surface area contributed by atoms with Gasteiger partial charge in [-0.05, 0) is 12.1 Å². The molecule has 7 nitrogen and oxygen atoms in total. The molecule has 24 heavy (non-hydrogen) atoms. The molecule has 0 atom stereocenters. The molecule has 0 fully saturated rings. The SMILES string of the molecule is O=[N+]([O-])c1cc2c(-c3ccccc3F)nccnc2c2cnnc12. The van der Waals surface area contributed by atoms with Gasteiger partial charge in [-0.25, -0.2) is 4.39 Å². The van der Waals surface area contributed by atoms with E-state index >= 15 is 0 Å². The largest absolute Gasteiger partial charge is 0.298 e. The van der Waals surface area contributed by atoms with Crippen LogP contribution in [0.4, 0.5) is 10.1 Å². The first-order chi connectivity index (χ1) is 11.7. The highest BCUT2D eigenvalue weighted by molar-refractivity contribution is 6.11. The summed E-state index contributed by atoms with van der Waals surface area (Å²) in [6, 6.07) is 7.42. The molecule has 4 rings (SSSR count). The minimum atomic E-state index is -0.547. The summed E-state index contributed by atoms with van der Waals surface area (Å²) in [6.45, 7) is 0. The number of fused-ring (bicyclic) bond motifs is 3. The summed E-state index contributed by atoms with van der Waals surface area (Å²) in [5.41, 5.74) is 0.859. The molecular weight excluding hydrogens is 313 g/mol. The van der Waals surface area contributed by atoms with Gasteiger partial charge in [-0.1, -0.05) is 12.1 Å². The molecule has 0 unspecified atom stereocenters. The molecule has 0 N–H and O–H groups in total. The maximum Gasteiger partial charge on any atom is 0.298 e. The van der Waals surface area contributed by atoms with E-state index in [1.807, 2.05) is 0 Å². The summed E-state index contributed by atoms with van der Waals surface area (Å²) >= 11 is 0. The molecule has 0 amide bonds. The van der Waals surface area contributed by atoms with Crippen molar-refractivity contribution in [2.45, 2.75) is 0 Å². The van der Waals surface area contributed by atoms with Crippen LogP contribution >= 0.6 is 0 Å². The highest BCUT2D eigenvalue weighted by Crippen LogP contribution is 2.35. The van der Waals surface area contributed by atoms with Crippen LogP contribution in [0.1, 0.15) is 0 Å². The van der Waals surface area contributed by atoms with Crippen LogP contribution in [0.15, 0.2) is 48.9 Å². The van der Waals surface area contributed by atoms with Gasteiger partial charge in [-0.15, -0.1) is 5.10 Å². The summed E-state index contributed by atoms with van der Waals surface area (Å²) in [6.07, 6.45) is 4.27. The minimum Gasteiger partial charge on any atom is -0.258 e. The fourth-order valence-electron chi connectivity index (χ4n) is 2.65. The number of nitrogens with zero attached hydrogens (tertiary/aromatic N) is 5. The monoisotopic (exact) mass is 321 g/mol. The van der Waals surface area contributed by atoms with Gasteiger partial charge in [0.1, 0.15) is 5.82 Å². The lowest BCUT2D eigenvalue weighted by Gasteiger charge is -2.04. The van der Waals surface area contributed by atoms with Gasteiger partial charge in [0, 0.05) is 29.4 Å². The third-order valence-corrected chi connectivity index (χ3v) is 3.69. The lowest BCUT2D eigenvalue weighted by molar-refractivity contribution is -0.383. The summed E-state index contributed by atoms with van der Waals surface area (Å²) < 4.78 is 14.2. The summed E-state index contributed by atoms with van der Waals surface area (Å²) in [4.78, 5) is 19.3. The number of nitro benzene ring substituents is 1. The van der Waals surface area contributed by atoms with E-state index in [-0.39, 0.29) is 22.5 Å². The van der Waals surface area contributed by atoms with Gasteiger partial charge in [0.2, 0.25) is 0 Å². The third-order valence-electron chi connectivity index (χ3n) is 3.69. The Balaban J connectivity index is 2.22. The number of aromatic nitrogens is 4. The highest BCUT2D eigenvalue weighted by atomic mass is 19.1. The van der Waals surface area contributed by atoms with Gasteiger partial charge in [0.05, 0.1) is 27.7 Å². The Bertz CT molecular complexity index is 1120. The number of rotatable bonds is 2. The number of non-ortho nitro benzene ring substituents is 1. The standard InChI is InChI=1S/C16H8FN5O2/c17-12-4-2-1-3-9(12)14-10-7-13(22(23)24)16-11(8-20-21-16)15(10)19-6-5-18-14/h1-8H. The van der Waals surface area contributed by atoms with Crippen LogP contribution in [-0.2, 0) is 0 Å². The average molecular weight is 321 g/mol. The van der Waals surface area contributed by atoms with Crippen molar-refractivity contribution in [1.82, 2.24) is 20.2 Å². The van der Waals surface area contributed by atoms with Crippen LogP contribution < -0.4 is 0 Å². The van der Waals surface area contributed by atoms with Crippen LogP contribution in [-0.4, -0.2) is 25.1 Å². The molecule has 0 aliphatic rings. The first-order valence-electron chi connectivity index (χ1n) is 6.95. The average Bonchev–Trinajstić information content (AvgIpc) is 2.96. The number of benzene rings is 2. The second-order valence-corrected chi connectivity index (χ2v) is 5.04. The van der Waals surface area contributed by atoms with Gasteiger partial charge in [0.25, 0.3) is 5.69 Å². The molecule has 0 spiro atoms. The quantitative estimate of drug-likeness (QED) is 0.415. The van der Waals surface area contributed by atoms with Crippen molar-refractivity contribution in [3.8, 4) is 11.3 Å². The lowest BCUT2D eigenvalue weighted by Crippen LogP contribution is -1.92. The molecule has 0 aliphatic carbocycles.